The van der Waals surface area contributed by atoms with Gasteiger partial charge in [0.1, 0.15) is 6.33 Å². The molecule has 1 fully saturated rings. The molecule has 0 aliphatic heterocycles. The lowest BCUT2D eigenvalue weighted by molar-refractivity contribution is 0.470. The summed E-state index contributed by atoms with van der Waals surface area (Å²) in [7, 11) is 0. The maximum atomic E-state index is 6.00. The van der Waals surface area contributed by atoms with E-state index in [-0.39, 0.29) is 0 Å². The van der Waals surface area contributed by atoms with Crippen LogP contribution in [0.4, 0.5) is 0 Å². The van der Waals surface area contributed by atoms with Crippen LogP contribution >= 0.6 is 23.3 Å². The number of hydrogen-bond acceptors (Lipinski definition) is 5. The molecule has 1 aromatic heterocycles. The minimum Gasteiger partial charge on any atom is -0.327 e. The molecule has 1 saturated carbocycles. The van der Waals surface area contributed by atoms with Gasteiger partial charge in [0.05, 0.1) is 0 Å². The van der Waals surface area contributed by atoms with Crippen LogP contribution < -0.4 is 5.73 Å². The zero-order valence-corrected chi connectivity index (χ0v) is 9.69. The summed E-state index contributed by atoms with van der Waals surface area (Å²) in [5, 5.41) is 0. The molecule has 1 aliphatic rings. The third-order valence-corrected chi connectivity index (χ3v) is 4.60. The van der Waals surface area contributed by atoms with Crippen LogP contribution in [0.2, 0.25) is 0 Å². The highest BCUT2D eigenvalue weighted by Gasteiger charge is 2.23. The van der Waals surface area contributed by atoms with E-state index in [0.717, 1.165) is 16.0 Å². The Morgan fingerprint density at radius 3 is 3.14 bits per heavy atom. The second-order valence-electron chi connectivity index (χ2n) is 3.70. The van der Waals surface area contributed by atoms with Crippen LogP contribution in [0.25, 0.3) is 0 Å². The molecule has 0 spiro atoms. The number of thioether (sulfide) groups is 1. The Morgan fingerprint density at radius 2 is 2.50 bits per heavy atom. The molecule has 1 aliphatic carbocycles. The third kappa shape index (κ3) is 2.68. The van der Waals surface area contributed by atoms with E-state index in [4.69, 9.17) is 5.73 Å². The largest absolute Gasteiger partial charge is 0.327 e. The molecule has 2 N–H and O–H groups in total. The Morgan fingerprint density at radius 1 is 1.57 bits per heavy atom. The zero-order chi connectivity index (χ0) is 9.80. The molecule has 0 saturated heterocycles. The highest BCUT2D eigenvalue weighted by molar-refractivity contribution is 8.00. The maximum absolute atomic E-state index is 6.00. The molecule has 2 unspecified atom stereocenters. The fourth-order valence-corrected chi connectivity index (χ4v) is 3.53. The van der Waals surface area contributed by atoms with Crippen LogP contribution in [0.5, 0.6) is 0 Å². The molecule has 1 aromatic rings. The zero-order valence-electron chi connectivity index (χ0n) is 8.06. The van der Waals surface area contributed by atoms with E-state index in [1.165, 1.54) is 37.2 Å². The van der Waals surface area contributed by atoms with Crippen molar-refractivity contribution < 1.29 is 0 Å². The summed E-state index contributed by atoms with van der Waals surface area (Å²) < 4.78 is 5.05. The van der Waals surface area contributed by atoms with E-state index in [1.54, 1.807) is 18.1 Å². The molecular weight excluding hydrogens is 214 g/mol. The molecule has 5 heteroatoms. The number of rotatable bonds is 4. The summed E-state index contributed by atoms with van der Waals surface area (Å²) in [5.74, 6) is 1.88. The Balaban J connectivity index is 1.68. The average Bonchev–Trinajstić information content (AvgIpc) is 2.78. The summed E-state index contributed by atoms with van der Waals surface area (Å²) in [5.41, 5.74) is 6.00. The molecule has 3 nitrogen and oxygen atoms in total. The van der Waals surface area contributed by atoms with Crippen molar-refractivity contribution in [2.45, 2.75) is 36.1 Å². The standard InChI is InChI=1S/C9H15N3S2/c10-8-3-1-2-7(8)4-5-13-9-11-6-12-14-9/h6-8H,1-5,10H2. The SMILES string of the molecule is NC1CCCC1CCSc1ncns1. The fraction of sp³-hybridized carbons (Fsp3) is 0.778. The van der Waals surface area contributed by atoms with Crippen molar-refractivity contribution in [2.24, 2.45) is 11.7 Å². The molecule has 2 rings (SSSR count). The van der Waals surface area contributed by atoms with Crippen LogP contribution in [0, 0.1) is 5.92 Å². The van der Waals surface area contributed by atoms with Gasteiger partial charge < -0.3 is 5.73 Å². The summed E-state index contributed by atoms with van der Waals surface area (Å²) in [4.78, 5) is 4.14. The van der Waals surface area contributed by atoms with Crippen molar-refractivity contribution in [1.29, 1.82) is 0 Å². The number of nitrogens with zero attached hydrogens (tertiary/aromatic N) is 2. The minimum absolute atomic E-state index is 0.449. The molecule has 0 radical (unpaired) electrons. The summed E-state index contributed by atoms with van der Waals surface area (Å²) >= 11 is 3.28. The van der Waals surface area contributed by atoms with Crippen molar-refractivity contribution in [1.82, 2.24) is 9.36 Å². The first-order valence-electron chi connectivity index (χ1n) is 5.01. The Labute approximate surface area is 92.7 Å². The van der Waals surface area contributed by atoms with Crippen molar-refractivity contribution in [3.05, 3.63) is 6.33 Å². The van der Waals surface area contributed by atoms with E-state index in [1.807, 2.05) is 0 Å². The molecule has 0 aromatic carbocycles. The van der Waals surface area contributed by atoms with Gasteiger partial charge in [-0.2, -0.15) is 4.37 Å². The summed E-state index contributed by atoms with van der Waals surface area (Å²) in [6.07, 6.45) is 6.70. The van der Waals surface area contributed by atoms with Gasteiger partial charge >= 0.3 is 0 Å². The van der Waals surface area contributed by atoms with E-state index >= 15 is 0 Å². The molecule has 0 amide bonds. The maximum Gasteiger partial charge on any atom is 0.169 e. The van der Waals surface area contributed by atoms with E-state index in [9.17, 15) is 0 Å². The topological polar surface area (TPSA) is 51.8 Å². The molecule has 78 valence electrons. The molecule has 2 atom stereocenters. The predicted molar refractivity (Wildman–Crippen MR) is 60.6 cm³/mol. The predicted octanol–water partition coefficient (Wildman–Crippen LogP) is 2.15. The molecule has 1 heterocycles. The second kappa shape index (κ2) is 5.09. The monoisotopic (exact) mass is 229 g/mol. The van der Waals surface area contributed by atoms with Gasteiger partial charge in [-0.15, -0.1) is 0 Å². The average molecular weight is 229 g/mol. The highest BCUT2D eigenvalue weighted by Crippen LogP contribution is 2.29. The Hall–Kier alpha value is -0.130. The van der Waals surface area contributed by atoms with Crippen LogP contribution in [0.3, 0.4) is 0 Å². The van der Waals surface area contributed by atoms with E-state index in [2.05, 4.69) is 9.36 Å². The summed E-state index contributed by atoms with van der Waals surface area (Å²) in [6, 6.07) is 0.449. The first-order chi connectivity index (χ1) is 6.86. The normalized spacial score (nSPS) is 26.9. The van der Waals surface area contributed by atoms with Gasteiger partial charge in [-0.05, 0) is 36.7 Å². The van der Waals surface area contributed by atoms with Gasteiger partial charge in [-0.25, -0.2) is 4.98 Å². The Bertz CT molecular complexity index is 263. The van der Waals surface area contributed by atoms with E-state index < -0.39 is 0 Å². The fourth-order valence-electron chi connectivity index (χ4n) is 1.95. The van der Waals surface area contributed by atoms with Gasteiger partial charge in [0.25, 0.3) is 0 Å². The van der Waals surface area contributed by atoms with Crippen LogP contribution in [-0.2, 0) is 0 Å². The highest BCUT2D eigenvalue weighted by atomic mass is 32.2. The van der Waals surface area contributed by atoms with Gasteiger partial charge in [-0.3, -0.25) is 0 Å². The molecule has 14 heavy (non-hydrogen) atoms. The van der Waals surface area contributed by atoms with Gasteiger partial charge in [0, 0.05) is 11.8 Å². The lowest BCUT2D eigenvalue weighted by Gasteiger charge is -2.13. The van der Waals surface area contributed by atoms with Gasteiger partial charge in [0.2, 0.25) is 0 Å². The lowest BCUT2D eigenvalue weighted by atomic mass is 10.0. The van der Waals surface area contributed by atoms with Crippen molar-refractivity contribution in [2.75, 3.05) is 5.75 Å². The van der Waals surface area contributed by atoms with Crippen molar-refractivity contribution in [3.63, 3.8) is 0 Å². The van der Waals surface area contributed by atoms with Crippen LogP contribution in [0.1, 0.15) is 25.7 Å². The quantitative estimate of drug-likeness (QED) is 0.804. The smallest absolute Gasteiger partial charge is 0.169 e. The van der Waals surface area contributed by atoms with E-state index in [0.29, 0.717) is 6.04 Å². The number of aromatic nitrogens is 2. The first kappa shape index (κ1) is 10.4. The molecular formula is C9H15N3S2. The van der Waals surface area contributed by atoms with Crippen LogP contribution in [0.15, 0.2) is 10.7 Å². The Kier molecular flexibility index (Phi) is 3.78. The molecule has 0 bridgehead atoms. The minimum atomic E-state index is 0.449. The second-order valence-corrected chi connectivity index (χ2v) is 5.82. The van der Waals surface area contributed by atoms with Crippen molar-refractivity contribution >= 4 is 23.3 Å². The number of nitrogens with two attached hydrogens (primary N) is 1. The lowest BCUT2D eigenvalue weighted by Crippen LogP contribution is -2.24. The van der Waals surface area contributed by atoms with Gasteiger partial charge in [0.15, 0.2) is 4.34 Å². The van der Waals surface area contributed by atoms with Crippen LogP contribution in [-0.4, -0.2) is 21.2 Å². The van der Waals surface area contributed by atoms with Gasteiger partial charge in [-0.1, -0.05) is 18.2 Å². The third-order valence-electron chi connectivity index (χ3n) is 2.77. The summed E-state index contributed by atoms with van der Waals surface area (Å²) in [6.45, 7) is 0. The van der Waals surface area contributed by atoms with Crippen molar-refractivity contribution in [3.8, 4) is 0 Å². The first-order valence-corrected chi connectivity index (χ1v) is 6.77. The number of hydrogen-bond donors (Lipinski definition) is 1.